The lowest BCUT2D eigenvalue weighted by Gasteiger charge is -2.07. The highest BCUT2D eigenvalue weighted by Crippen LogP contribution is 2.26. The molecule has 0 spiro atoms. The fraction of sp³-hybridized carbons (Fsp3) is 0.154. The summed E-state index contributed by atoms with van der Waals surface area (Å²) in [5.41, 5.74) is 0.545. The minimum atomic E-state index is -0.815. The van der Waals surface area contributed by atoms with Crippen molar-refractivity contribution in [3.63, 3.8) is 0 Å². The standard InChI is InChI=1S/C13H10BrF2NOS/c1-6-3-11(19-7(6)2)13(18)17-12-9(15)4-8(14)5-10(12)16/h3-5H,1-2H3,(H,17,18). The van der Waals surface area contributed by atoms with Gasteiger partial charge in [0.15, 0.2) is 11.6 Å². The van der Waals surface area contributed by atoms with Crippen molar-refractivity contribution in [2.24, 2.45) is 0 Å². The molecule has 0 saturated heterocycles. The first-order valence-electron chi connectivity index (χ1n) is 5.41. The Morgan fingerprint density at radius 2 is 1.79 bits per heavy atom. The summed E-state index contributed by atoms with van der Waals surface area (Å²) in [4.78, 5) is 13.4. The Morgan fingerprint density at radius 1 is 1.21 bits per heavy atom. The minimum absolute atomic E-state index is 0.281. The monoisotopic (exact) mass is 345 g/mol. The molecule has 1 amide bonds. The molecule has 0 aliphatic rings. The zero-order valence-corrected chi connectivity index (χ0v) is 12.6. The third-order valence-corrected chi connectivity index (χ3v) is 4.24. The van der Waals surface area contributed by atoms with Gasteiger partial charge in [0.2, 0.25) is 0 Å². The first kappa shape index (κ1) is 14.1. The third kappa shape index (κ3) is 3.01. The van der Waals surface area contributed by atoms with Crippen LogP contribution in [-0.4, -0.2) is 5.91 Å². The maximum absolute atomic E-state index is 13.6. The van der Waals surface area contributed by atoms with Crippen LogP contribution in [0.4, 0.5) is 14.5 Å². The van der Waals surface area contributed by atoms with Crippen molar-refractivity contribution in [3.05, 3.63) is 49.6 Å². The van der Waals surface area contributed by atoms with Gasteiger partial charge in [0.05, 0.1) is 4.88 Å². The van der Waals surface area contributed by atoms with Crippen LogP contribution >= 0.6 is 27.3 Å². The number of carbonyl (C=O) groups is 1. The molecule has 0 radical (unpaired) electrons. The van der Waals surface area contributed by atoms with Gasteiger partial charge in [-0.3, -0.25) is 4.79 Å². The van der Waals surface area contributed by atoms with Crippen LogP contribution in [0, 0.1) is 25.5 Å². The average molecular weight is 346 g/mol. The predicted octanol–water partition coefficient (Wildman–Crippen LogP) is 4.66. The average Bonchev–Trinajstić information content (AvgIpc) is 2.64. The largest absolute Gasteiger partial charge is 0.316 e. The summed E-state index contributed by atoms with van der Waals surface area (Å²) in [5, 5.41) is 2.26. The molecular formula is C13H10BrF2NOS. The van der Waals surface area contributed by atoms with Gasteiger partial charge < -0.3 is 5.32 Å². The third-order valence-electron chi connectivity index (χ3n) is 2.64. The van der Waals surface area contributed by atoms with E-state index in [0.717, 1.165) is 22.6 Å². The van der Waals surface area contributed by atoms with E-state index < -0.39 is 23.2 Å². The van der Waals surface area contributed by atoms with Gasteiger partial charge in [-0.05, 0) is 37.6 Å². The summed E-state index contributed by atoms with van der Waals surface area (Å²) in [6.45, 7) is 3.76. The molecule has 100 valence electrons. The number of halogens is 3. The molecule has 1 aromatic carbocycles. The highest BCUT2D eigenvalue weighted by atomic mass is 79.9. The number of carbonyl (C=O) groups excluding carboxylic acids is 1. The quantitative estimate of drug-likeness (QED) is 0.842. The first-order valence-corrected chi connectivity index (χ1v) is 7.02. The molecular weight excluding hydrogens is 336 g/mol. The van der Waals surface area contributed by atoms with Gasteiger partial charge in [-0.15, -0.1) is 11.3 Å². The van der Waals surface area contributed by atoms with Crippen molar-refractivity contribution in [1.29, 1.82) is 0 Å². The van der Waals surface area contributed by atoms with Crippen LogP contribution < -0.4 is 5.32 Å². The summed E-state index contributed by atoms with van der Waals surface area (Å²) >= 11 is 4.27. The molecule has 19 heavy (non-hydrogen) atoms. The van der Waals surface area contributed by atoms with E-state index in [9.17, 15) is 13.6 Å². The number of anilines is 1. The molecule has 2 aromatic rings. The molecule has 2 rings (SSSR count). The van der Waals surface area contributed by atoms with E-state index in [0.29, 0.717) is 4.88 Å². The molecule has 0 fully saturated rings. The number of benzene rings is 1. The van der Waals surface area contributed by atoms with Crippen LogP contribution in [-0.2, 0) is 0 Å². The molecule has 1 heterocycles. The second-order valence-corrected chi connectivity index (χ2v) is 6.22. The van der Waals surface area contributed by atoms with Gasteiger partial charge in [0.25, 0.3) is 5.91 Å². The lowest BCUT2D eigenvalue weighted by molar-refractivity contribution is 0.102. The van der Waals surface area contributed by atoms with Gasteiger partial charge >= 0.3 is 0 Å². The maximum Gasteiger partial charge on any atom is 0.265 e. The van der Waals surface area contributed by atoms with Crippen molar-refractivity contribution in [2.75, 3.05) is 5.32 Å². The molecule has 0 unspecified atom stereocenters. The molecule has 0 aliphatic heterocycles. The van der Waals surface area contributed by atoms with E-state index in [1.807, 2.05) is 13.8 Å². The van der Waals surface area contributed by atoms with Gasteiger partial charge in [-0.1, -0.05) is 15.9 Å². The number of amides is 1. The molecule has 0 bridgehead atoms. The Bertz CT molecular complexity index is 612. The van der Waals surface area contributed by atoms with Crippen molar-refractivity contribution in [3.8, 4) is 0 Å². The van der Waals surface area contributed by atoms with Crippen molar-refractivity contribution >= 4 is 38.9 Å². The van der Waals surface area contributed by atoms with Crippen LogP contribution in [0.15, 0.2) is 22.7 Å². The van der Waals surface area contributed by atoms with Crippen LogP contribution in [0.2, 0.25) is 0 Å². The highest BCUT2D eigenvalue weighted by molar-refractivity contribution is 9.10. The van der Waals surface area contributed by atoms with E-state index in [2.05, 4.69) is 21.2 Å². The number of nitrogens with one attached hydrogen (secondary N) is 1. The topological polar surface area (TPSA) is 29.1 Å². The Morgan fingerprint density at radius 3 is 2.26 bits per heavy atom. The van der Waals surface area contributed by atoms with Gasteiger partial charge in [-0.2, -0.15) is 0 Å². The Hall–Kier alpha value is -1.27. The zero-order chi connectivity index (χ0) is 14.2. The SMILES string of the molecule is Cc1cc(C(=O)Nc2c(F)cc(Br)cc2F)sc1C. The van der Waals surface area contributed by atoms with Crippen LogP contribution in [0.1, 0.15) is 20.1 Å². The Kier molecular flexibility index (Phi) is 4.01. The smallest absolute Gasteiger partial charge is 0.265 e. The minimum Gasteiger partial charge on any atom is -0.316 e. The number of rotatable bonds is 2. The molecule has 1 aromatic heterocycles. The Labute approximate surface area is 121 Å². The number of hydrogen-bond acceptors (Lipinski definition) is 2. The molecule has 1 N–H and O–H groups in total. The maximum atomic E-state index is 13.6. The Balaban J connectivity index is 2.29. The van der Waals surface area contributed by atoms with Crippen LogP contribution in [0.3, 0.4) is 0 Å². The molecule has 2 nitrogen and oxygen atoms in total. The van der Waals surface area contributed by atoms with Gasteiger partial charge in [0, 0.05) is 9.35 Å². The van der Waals surface area contributed by atoms with E-state index in [1.54, 1.807) is 6.07 Å². The first-order chi connectivity index (χ1) is 8.88. The van der Waals surface area contributed by atoms with Gasteiger partial charge in [0.1, 0.15) is 5.69 Å². The second kappa shape index (κ2) is 5.38. The second-order valence-electron chi connectivity index (χ2n) is 4.05. The molecule has 0 atom stereocenters. The van der Waals surface area contributed by atoms with Crippen molar-refractivity contribution < 1.29 is 13.6 Å². The summed E-state index contributed by atoms with van der Waals surface area (Å²) in [7, 11) is 0. The molecule has 0 aliphatic carbocycles. The highest BCUT2D eigenvalue weighted by Gasteiger charge is 2.16. The summed E-state index contributed by atoms with van der Waals surface area (Å²) < 4.78 is 27.5. The van der Waals surface area contributed by atoms with E-state index in [1.165, 1.54) is 11.3 Å². The van der Waals surface area contributed by atoms with Gasteiger partial charge in [-0.25, -0.2) is 8.78 Å². The van der Waals surface area contributed by atoms with Crippen molar-refractivity contribution in [2.45, 2.75) is 13.8 Å². The van der Waals surface area contributed by atoms with Crippen LogP contribution in [0.5, 0.6) is 0 Å². The number of aryl methyl sites for hydroxylation is 2. The number of thiophene rings is 1. The van der Waals surface area contributed by atoms with E-state index in [4.69, 9.17) is 0 Å². The van der Waals surface area contributed by atoms with Crippen molar-refractivity contribution in [1.82, 2.24) is 0 Å². The van der Waals surface area contributed by atoms with Crippen LogP contribution in [0.25, 0.3) is 0 Å². The zero-order valence-electron chi connectivity index (χ0n) is 10.2. The normalized spacial score (nSPS) is 10.6. The fourth-order valence-electron chi connectivity index (χ4n) is 1.52. The summed E-state index contributed by atoms with van der Waals surface area (Å²) in [5.74, 6) is -2.14. The lowest BCUT2D eigenvalue weighted by Crippen LogP contribution is -2.13. The lowest BCUT2D eigenvalue weighted by atomic mass is 10.2. The fourth-order valence-corrected chi connectivity index (χ4v) is 2.85. The summed E-state index contributed by atoms with van der Waals surface area (Å²) in [6, 6.07) is 3.90. The molecule has 6 heteroatoms. The molecule has 0 saturated carbocycles. The van der Waals surface area contributed by atoms with E-state index >= 15 is 0 Å². The summed E-state index contributed by atoms with van der Waals surface area (Å²) in [6.07, 6.45) is 0. The van der Waals surface area contributed by atoms with E-state index in [-0.39, 0.29) is 4.47 Å². The number of hydrogen-bond donors (Lipinski definition) is 1. The predicted molar refractivity (Wildman–Crippen MR) is 75.8 cm³/mol.